The van der Waals surface area contributed by atoms with Crippen LogP contribution in [0.4, 0.5) is 0 Å². The van der Waals surface area contributed by atoms with Gasteiger partial charge in [-0.2, -0.15) is 0 Å². The van der Waals surface area contributed by atoms with E-state index in [1.807, 2.05) is 24.3 Å². The standard InChI is InChI=1S/C11H13N3O2/c1-16-10(15)6-7(12)11-13-8-4-2-3-5-9(8)14-11/h2-5,7H,6,12H2,1H3,(H,13,14)/t7-/m0/s1. The van der Waals surface area contributed by atoms with E-state index in [1.165, 1.54) is 7.11 Å². The number of fused-ring (bicyclic) bond motifs is 1. The van der Waals surface area contributed by atoms with Gasteiger partial charge in [0.2, 0.25) is 0 Å². The minimum Gasteiger partial charge on any atom is -0.469 e. The first-order chi connectivity index (χ1) is 7.70. The zero-order chi connectivity index (χ0) is 11.5. The number of imidazole rings is 1. The SMILES string of the molecule is COC(=O)C[C@H](N)c1nc2ccccc2[nH]1. The highest BCUT2D eigenvalue weighted by molar-refractivity contribution is 5.75. The molecule has 1 heterocycles. The molecule has 2 rings (SSSR count). The molecule has 0 unspecified atom stereocenters. The van der Waals surface area contributed by atoms with E-state index in [4.69, 9.17) is 5.73 Å². The number of benzene rings is 1. The van der Waals surface area contributed by atoms with Crippen LogP contribution in [-0.4, -0.2) is 23.0 Å². The average molecular weight is 219 g/mol. The van der Waals surface area contributed by atoms with E-state index in [1.54, 1.807) is 0 Å². The Bertz CT molecular complexity index is 474. The Labute approximate surface area is 92.6 Å². The number of aromatic nitrogens is 2. The van der Waals surface area contributed by atoms with Gasteiger partial charge in [0.25, 0.3) is 0 Å². The van der Waals surface area contributed by atoms with Gasteiger partial charge in [-0.25, -0.2) is 4.98 Å². The Kier molecular flexibility index (Phi) is 2.87. The van der Waals surface area contributed by atoms with Crippen molar-refractivity contribution in [3.05, 3.63) is 30.1 Å². The highest BCUT2D eigenvalue weighted by Crippen LogP contribution is 2.16. The maximum Gasteiger partial charge on any atom is 0.307 e. The number of nitrogens with one attached hydrogen (secondary N) is 1. The number of nitrogens with two attached hydrogens (primary N) is 1. The zero-order valence-corrected chi connectivity index (χ0v) is 8.93. The van der Waals surface area contributed by atoms with Crippen molar-refractivity contribution < 1.29 is 9.53 Å². The Morgan fingerprint density at radius 1 is 1.56 bits per heavy atom. The molecule has 0 saturated carbocycles. The van der Waals surface area contributed by atoms with Gasteiger partial charge in [-0.1, -0.05) is 12.1 Å². The predicted octanol–water partition coefficient (Wildman–Crippen LogP) is 1.13. The highest BCUT2D eigenvalue weighted by Gasteiger charge is 2.15. The van der Waals surface area contributed by atoms with Gasteiger partial charge < -0.3 is 15.5 Å². The number of aromatic amines is 1. The Morgan fingerprint density at radius 3 is 3.00 bits per heavy atom. The first kappa shape index (κ1) is 10.6. The van der Waals surface area contributed by atoms with E-state index < -0.39 is 6.04 Å². The molecule has 1 aromatic heterocycles. The third-order valence-electron chi connectivity index (χ3n) is 2.37. The number of nitrogens with zero attached hydrogens (tertiary/aromatic N) is 1. The third kappa shape index (κ3) is 2.04. The fourth-order valence-electron chi connectivity index (χ4n) is 1.51. The van der Waals surface area contributed by atoms with E-state index in [0.29, 0.717) is 5.82 Å². The van der Waals surface area contributed by atoms with Crippen LogP contribution in [0.5, 0.6) is 0 Å². The molecule has 3 N–H and O–H groups in total. The van der Waals surface area contributed by atoms with Crippen LogP contribution in [0.15, 0.2) is 24.3 Å². The molecule has 0 spiro atoms. The Hall–Kier alpha value is -1.88. The fraction of sp³-hybridized carbons (Fsp3) is 0.273. The number of carbonyl (C=O) groups is 1. The molecule has 1 atom stereocenters. The lowest BCUT2D eigenvalue weighted by Gasteiger charge is -2.05. The minimum absolute atomic E-state index is 0.121. The van der Waals surface area contributed by atoms with Gasteiger partial charge in [-0.3, -0.25) is 4.79 Å². The van der Waals surface area contributed by atoms with E-state index in [-0.39, 0.29) is 12.4 Å². The molecule has 2 aromatic rings. The number of methoxy groups -OCH3 is 1. The van der Waals surface area contributed by atoms with Gasteiger partial charge >= 0.3 is 5.97 Å². The molecular formula is C11H13N3O2. The Balaban J connectivity index is 2.23. The molecule has 0 saturated heterocycles. The van der Waals surface area contributed by atoms with Crippen LogP contribution in [-0.2, 0) is 9.53 Å². The van der Waals surface area contributed by atoms with Crippen LogP contribution in [0.25, 0.3) is 11.0 Å². The number of rotatable bonds is 3. The molecule has 5 nitrogen and oxygen atoms in total. The van der Waals surface area contributed by atoms with Gasteiger partial charge in [0.05, 0.1) is 30.6 Å². The number of H-pyrrole nitrogens is 1. The van der Waals surface area contributed by atoms with Crippen molar-refractivity contribution in [3.8, 4) is 0 Å². The number of ether oxygens (including phenoxy) is 1. The highest BCUT2D eigenvalue weighted by atomic mass is 16.5. The summed E-state index contributed by atoms with van der Waals surface area (Å²) in [6.07, 6.45) is 0.121. The van der Waals surface area contributed by atoms with Gasteiger partial charge in [-0.15, -0.1) is 0 Å². The number of esters is 1. The van der Waals surface area contributed by atoms with Crippen molar-refractivity contribution in [2.75, 3.05) is 7.11 Å². The molecule has 5 heteroatoms. The number of para-hydroxylation sites is 2. The molecule has 0 aliphatic heterocycles. The molecule has 0 amide bonds. The first-order valence-electron chi connectivity index (χ1n) is 4.97. The minimum atomic E-state index is -0.458. The molecular weight excluding hydrogens is 206 g/mol. The molecule has 1 aromatic carbocycles. The summed E-state index contributed by atoms with van der Waals surface area (Å²) in [7, 11) is 1.34. The zero-order valence-electron chi connectivity index (χ0n) is 8.93. The summed E-state index contributed by atoms with van der Waals surface area (Å²) in [6, 6.07) is 7.16. The Morgan fingerprint density at radius 2 is 2.31 bits per heavy atom. The normalized spacial score (nSPS) is 12.6. The van der Waals surface area contributed by atoms with Gasteiger partial charge in [0, 0.05) is 0 Å². The summed E-state index contributed by atoms with van der Waals surface area (Å²) in [5.74, 6) is 0.263. The van der Waals surface area contributed by atoms with Crippen molar-refractivity contribution in [1.29, 1.82) is 0 Å². The quantitative estimate of drug-likeness (QED) is 0.758. The third-order valence-corrected chi connectivity index (χ3v) is 2.37. The fourth-order valence-corrected chi connectivity index (χ4v) is 1.51. The van der Waals surface area contributed by atoms with Crippen molar-refractivity contribution in [2.24, 2.45) is 5.73 Å². The molecule has 84 valence electrons. The monoisotopic (exact) mass is 219 g/mol. The molecule has 16 heavy (non-hydrogen) atoms. The van der Waals surface area contributed by atoms with Gasteiger partial charge in [-0.05, 0) is 12.1 Å². The summed E-state index contributed by atoms with van der Waals surface area (Å²) in [5, 5.41) is 0. The lowest BCUT2D eigenvalue weighted by Crippen LogP contribution is -2.17. The van der Waals surface area contributed by atoms with E-state index in [2.05, 4.69) is 14.7 Å². The number of hydrogen-bond acceptors (Lipinski definition) is 4. The smallest absolute Gasteiger partial charge is 0.307 e. The summed E-state index contributed by atoms with van der Waals surface area (Å²) >= 11 is 0. The topological polar surface area (TPSA) is 81.0 Å². The second kappa shape index (κ2) is 4.32. The maximum atomic E-state index is 11.1. The lowest BCUT2D eigenvalue weighted by molar-refractivity contribution is -0.141. The lowest BCUT2D eigenvalue weighted by atomic mass is 10.2. The predicted molar refractivity (Wildman–Crippen MR) is 59.7 cm³/mol. The maximum absolute atomic E-state index is 11.1. The summed E-state index contributed by atoms with van der Waals surface area (Å²) < 4.78 is 4.56. The van der Waals surface area contributed by atoms with Crippen LogP contribution in [0.2, 0.25) is 0 Å². The summed E-state index contributed by atoms with van der Waals surface area (Å²) in [4.78, 5) is 18.5. The molecule has 0 bridgehead atoms. The van der Waals surface area contributed by atoms with Crippen LogP contribution in [0.1, 0.15) is 18.3 Å². The first-order valence-corrected chi connectivity index (χ1v) is 4.97. The second-order valence-electron chi connectivity index (χ2n) is 3.53. The van der Waals surface area contributed by atoms with Crippen molar-refractivity contribution in [3.63, 3.8) is 0 Å². The van der Waals surface area contributed by atoms with E-state index >= 15 is 0 Å². The molecule has 0 fully saturated rings. The van der Waals surface area contributed by atoms with Crippen LogP contribution in [0.3, 0.4) is 0 Å². The summed E-state index contributed by atoms with van der Waals surface area (Å²) in [5.41, 5.74) is 7.60. The van der Waals surface area contributed by atoms with Crippen molar-refractivity contribution in [2.45, 2.75) is 12.5 Å². The average Bonchev–Trinajstić information content (AvgIpc) is 2.72. The number of hydrogen-bond donors (Lipinski definition) is 2. The van der Waals surface area contributed by atoms with Crippen LogP contribution < -0.4 is 5.73 Å². The van der Waals surface area contributed by atoms with Gasteiger partial charge in [0.15, 0.2) is 0 Å². The second-order valence-corrected chi connectivity index (χ2v) is 3.53. The van der Waals surface area contributed by atoms with Gasteiger partial charge in [0.1, 0.15) is 5.82 Å². The van der Waals surface area contributed by atoms with E-state index in [9.17, 15) is 4.79 Å². The molecule has 0 aliphatic carbocycles. The van der Waals surface area contributed by atoms with E-state index in [0.717, 1.165) is 11.0 Å². The molecule has 0 radical (unpaired) electrons. The largest absolute Gasteiger partial charge is 0.469 e. The van der Waals surface area contributed by atoms with Crippen molar-refractivity contribution >= 4 is 17.0 Å². The van der Waals surface area contributed by atoms with Crippen LogP contribution >= 0.6 is 0 Å². The van der Waals surface area contributed by atoms with Crippen LogP contribution in [0, 0.1) is 0 Å². The number of carbonyl (C=O) groups excluding carboxylic acids is 1. The van der Waals surface area contributed by atoms with Crippen molar-refractivity contribution in [1.82, 2.24) is 9.97 Å². The molecule has 0 aliphatic rings. The summed E-state index contributed by atoms with van der Waals surface area (Å²) in [6.45, 7) is 0.